The number of nitrogens with one attached hydrogen (secondary N) is 1. The van der Waals surface area contributed by atoms with Crippen LogP contribution in [-0.2, 0) is 16.1 Å². The van der Waals surface area contributed by atoms with Gasteiger partial charge in [0.05, 0.1) is 17.4 Å². The molecular formula is C19H18N2O3. The zero-order valence-corrected chi connectivity index (χ0v) is 13.1. The van der Waals surface area contributed by atoms with E-state index in [9.17, 15) is 14.7 Å². The molecule has 0 unspecified atom stereocenters. The molecule has 2 aliphatic carbocycles. The Labute approximate surface area is 139 Å². The van der Waals surface area contributed by atoms with Gasteiger partial charge >= 0.3 is 5.97 Å². The number of para-hydroxylation sites is 1. The summed E-state index contributed by atoms with van der Waals surface area (Å²) in [5.74, 6) is -2.10. The topological polar surface area (TPSA) is 79.3 Å². The lowest BCUT2D eigenvalue weighted by atomic mass is 9.82. The predicted molar refractivity (Wildman–Crippen MR) is 88.9 cm³/mol. The number of allylic oxidation sites excluding steroid dienone is 2. The van der Waals surface area contributed by atoms with Crippen LogP contribution in [0.3, 0.4) is 0 Å². The van der Waals surface area contributed by atoms with E-state index in [2.05, 4.69) is 10.3 Å². The molecular weight excluding hydrogens is 304 g/mol. The van der Waals surface area contributed by atoms with Gasteiger partial charge in [-0.2, -0.15) is 0 Å². The summed E-state index contributed by atoms with van der Waals surface area (Å²) < 4.78 is 0. The fraction of sp³-hybridized carbons (Fsp3) is 0.316. The second-order valence-corrected chi connectivity index (χ2v) is 6.55. The first-order valence-electron chi connectivity index (χ1n) is 8.16. The molecule has 1 aromatic carbocycles. The molecule has 0 saturated heterocycles. The van der Waals surface area contributed by atoms with Gasteiger partial charge in [-0.25, -0.2) is 0 Å². The standard InChI is InChI=1S/C19H18N2O3/c22-18(15-12-6-7-13(9-12)16(15)19(23)24)21-10-14-4-1-3-11-5-2-8-20-17(11)14/h1-8,12-13,15-16H,9-10H2,(H,21,22)(H,23,24)/t12-,13-,15-,16-/m0/s1. The summed E-state index contributed by atoms with van der Waals surface area (Å²) >= 11 is 0. The van der Waals surface area contributed by atoms with E-state index in [1.165, 1.54) is 0 Å². The number of carboxylic acids is 1. The van der Waals surface area contributed by atoms with Crippen LogP contribution < -0.4 is 5.32 Å². The third-order valence-electron chi connectivity index (χ3n) is 5.22. The number of hydrogen-bond donors (Lipinski definition) is 2. The van der Waals surface area contributed by atoms with Crippen LogP contribution in [0.5, 0.6) is 0 Å². The molecule has 2 aliphatic rings. The van der Waals surface area contributed by atoms with Crippen molar-refractivity contribution in [2.24, 2.45) is 23.7 Å². The minimum atomic E-state index is -0.876. The molecule has 0 radical (unpaired) electrons. The second kappa shape index (κ2) is 5.74. The maximum Gasteiger partial charge on any atom is 0.307 e. The highest BCUT2D eigenvalue weighted by Gasteiger charge is 2.51. The molecule has 0 spiro atoms. The number of rotatable bonds is 4. The smallest absolute Gasteiger partial charge is 0.307 e. The third kappa shape index (κ3) is 2.37. The van der Waals surface area contributed by atoms with Crippen molar-refractivity contribution in [1.82, 2.24) is 10.3 Å². The maximum absolute atomic E-state index is 12.6. The molecule has 2 N–H and O–H groups in total. The molecule has 2 bridgehead atoms. The SMILES string of the molecule is O=C(O)[C@@H]1[C@@H](C(=O)NCc2cccc3cccnc23)[C@H]2C=C[C@H]1C2. The van der Waals surface area contributed by atoms with E-state index in [0.717, 1.165) is 22.9 Å². The zero-order valence-electron chi connectivity index (χ0n) is 13.1. The fourth-order valence-corrected chi connectivity index (χ4v) is 4.13. The lowest BCUT2D eigenvalue weighted by Crippen LogP contribution is -2.39. The molecule has 1 aromatic heterocycles. The van der Waals surface area contributed by atoms with Crippen molar-refractivity contribution in [2.45, 2.75) is 13.0 Å². The Balaban J connectivity index is 1.52. The first-order valence-corrected chi connectivity index (χ1v) is 8.16. The average Bonchev–Trinajstić information content (AvgIpc) is 3.20. The Morgan fingerprint density at radius 1 is 1.12 bits per heavy atom. The molecule has 1 fully saturated rings. The van der Waals surface area contributed by atoms with Crippen LogP contribution in [0.1, 0.15) is 12.0 Å². The summed E-state index contributed by atoms with van der Waals surface area (Å²) in [4.78, 5) is 28.5. The second-order valence-electron chi connectivity index (χ2n) is 6.55. The molecule has 1 saturated carbocycles. The van der Waals surface area contributed by atoms with Crippen LogP contribution in [0.15, 0.2) is 48.7 Å². The number of aromatic nitrogens is 1. The van der Waals surface area contributed by atoms with Crippen molar-refractivity contribution in [3.8, 4) is 0 Å². The van der Waals surface area contributed by atoms with Gasteiger partial charge in [-0.05, 0) is 29.9 Å². The van der Waals surface area contributed by atoms with Crippen LogP contribution in [0, 0.1) is 23.7 Å². The summed E-state index contributed by atoms with van der Waals surface area (Å²) in [5, 5.41) is 13.4. The van der Waals surface area contributed by atoms with E-state index in [0.29, 0.717) is 6.54 Å². The molecule has 0 aliphatic heterocycles. The van der Waals surface area contributed by atoms with Gasteiger partial charge in [0.1, 0.15) is 0 Å². The largest absolute Gasteiger partial charge is 0.481 e. The highest BCUT2D eigenvalue weighted by atomic mass is 16.4. The van der Waals surface area contributed by atoms with Gasteiger partial charge in [-0.3, -0.25) is 14.6 Å². The fourth-order valence-electron chi connectivity index (χ4n) is 4.13. The number of benzene rings is 1. The Hall–Kier alpha value is -2.69. The van der Waals surface area contributed by atoms with E-state index in [1.54, 1.807) is 6.20 Å². The van der Waals surface area contributed by atoms with Gasteiger partial charge in [0.15, 0.2) is 0 Å². The zero-order chi connectivity index (χ0) is 16.7. The van der Waals surface area contributed by atoms with E-state index in [1.807, 2.05) is 42.5 Å². The first-order chi connectivity index (χ1) is 11.6. The number of carboxylic acid groups (broad SMARTS) is 1. The van der Waals surface area contributed by atoms with Crippen molar-refractivity contribution in [3.63, 3.8) is 0 Å². The van der Waals surface area contributed by atoms with Crippen LogP contribution in [0.2, 0.25) is 0 Å². The lowest BCUT2D eigenvalue weighted by Gasteiger charge is -2.24. The minimum absolute atomic E-state index is 0.0116. The van der Waals surface area contributed by atoms with Gasteiger partial charge in [0.2, 0.25) is 5.91 Å². The Morgan fingerprint density at radius 2 is 1.88 bits per heavy atom. The monoisotopic (exact) mass is 322 g/mol. The van der Waals surface area contributed by atoms with E-state index in [4.69, 9.17) is 0 Å². The number of fused-ring (bicyclic) bond motifs is 3. The molecule has 5 heteroatoms. The number of amides is 1. The molecule has 4 atom stereocenters. The van der Waals surface area contributed by atoms with Crippen molar-refractivity contribution in [3.05, 3.63) is 54.2 Å². The van der Waals surface area contributed by atoms with E-state index < -0.39 is 17.8 Å². The number of nitrogens with zero attached hydrogens (tertiary/aromatic N) is 1. The van der Waals surface area contributed by atoms with Crippen LogP contribution in [0.4, 0.5) is 0 Å². The Bertz CT molecular complexity index is 840. The number of carbonyl (C=O) groups excluding carboxylic acids is 1. The van der Waals surface area contributed by atoms with E-state index >= 15 is 0 Å². The van der Waals surface area contributed by atoms with E-state index in [-0.39, 0.29) is 17.7 Å². The highest BCUT2D eigenvalue weighted by molar-refractivity contribution is 5.87. The normalized spacial score (nSPS) is 27.5. The van der Waals surface area contributed by atoms with Crippen LogP contribution in [-0.4, -0.2) is 22.0 Å². The number of hydrogen-bond acceptors (Lipinski definition) is 3. The van der Waals surface area contributed by atoms with Gasteiger partial charge < -0.3 is 10.4 Å². The molecule has 5 nitrogen and oxygen atoms in total. The predicted octanol–water partition coefficient (Wildman–Crippen LogP) is 2.37. The maximum atomic E-state index is 12.6. The van der Waals surface area contributed by atoms with Crippen LogP contribution in [0.25, 0.3) is 10.9 Å². The molecule has 1 heterocycles. The van der Waals surface area contributed by atoms with Crippen molar-refractivity contribution in [1.29, 1.82) is 0 Å². The molecule has 2 aromatic rings. The summed E-state index contributed by atoms with van der Waals surface area (Å²) in [6.07, 6.45) is 6.44. The Kier molecular flexibility index (Phi) is 3.56. The lowest BCUT2D eigenvalue weighted by molar-refractivity contribution is -0.147. The minimum Gasteiger partial charge on any atom is -0.481 e. The molecule has 1 amide bonds. The molecule has 4 rings (SSSR count). The highest BCUT2D eigenvalue weighted by Crippen LogP contribution is 2.48. The van der Waals surface area contributed by atoms with Gasteiger partial charge in [-0.15, -0.1) is 0 Å². The van der Waals surface area contributed by atoms with Crippen LogP contribution >= 0.6 is 0 Å². The summed E-state index contributed by atoms with van der Waals surface area (Å²) in [6.45, 7) is 0.358. The number of pyridine rings is 1. The Morgan fingerprint density at radius 3 is 2.67 bits per heavy atom. The van der Waals surface area contributed by atoms with Crippen molar-refractivity contribution in [2.75, 3.05) is 0 Å². The first kappa shape index (κ1) is 14.9. The van der Waals surface area contributed by atoms with Gasteiger partial charge in [-0.1, -0.05) is 36.4 Å². The average molecular weight is 322 g/mol. The summed E-state index contributed by atoms with van der Waals surface area (Å²) in [7, 11) is 0. The molecule has 122 valence electrons. The van der Waals surface area contributed by atoms with Crippen molar-refractivity contribution >= 4 is 22.8 Å². The quantitative estimate of drug-likeness (QED) is 0.847. The van der Waals surface area contributed by atoms with Gasteiger partial charge in [0, 0.05) is 18.1 Å². The van der Waals surface area contributed by atoms with Crippen molar-refractivity contribution < 1.29 is 14.7 Å². The number of carbonyl (C=O) groups is 2. The summed E-state index contributed by atoms with van der Waals surface area (Å²) in [5.41, 5.74) is 1.80. The summed E-state index contributed by atoms with van der Waals surface area (Å²) in [6, 6.07) is 9.71. The molecule has 24 heavy (non-hydrogen) atoms. The number of aliphatic carboxylic acids is 1. The van der Waals surface area contributed by atoms with Gasteiger partial charge in [0.25, 0.3) is 0 Å². The third-order valence-corrected chi connectivity index (χ3v) is 5.22.